The number of benzene rings is 1. The molecule has 1 aliphatic rings. The van der Waals surface area contributed by atoms with E-state index in [-0.39, 0.29) is 5.78 Å². The number of carbonyl (C=O) groups is 2. The van der Waals surface area contributed by atoms with E-state index >= 15 is 0 Å². The second kappa shape index (κ2) is 5.78. The van der Waals surface area contributed by atoms with Crippen molar-refractivity contribution >= 4 is 17.4 Å². The summed E-state index contributed by atoms with van der Waals surface area (Å²) in [7, 11) is 0. The molecule has 0 unspecified atom stereocenters. The molecule has 96 valence electrons. The summed E-state index contributed by atoms with van der Waals surface area (Å²) in [6.07, 6.45) is 1.96. The van der Waals surface area contributed by atoms with Gasteiger partial charge in [0.1, 0.15) is 0 Å². The van der Waals surface area contributed by atoms with Crippen LogP contribution in [-0.4, -0.2) is 31.3 Å². The van der Waals surface area contributed by atoms with Crippen molar-refractivity contribution < 1.29 is 9.59 Å². The Labute approximate surface area is 107 Å². The Morgan fingerprint density at radius 2 is 1.94 bits per heavy atom. The maximum absolute atomic E-state index is 11.8. The Morgan fingerprint density at radius 1 is 1.17 bits per heavy atom. The van der Waals surface area contributed by atoms with Crippen LogP contribution in [0.4, 0.5) is 5.69 Å². The molecule has 4 heteroatoms. The summed E-state index contributed by atoms with van der Waals surface area (Å²) in [6, 6.07) is 7.19. The number of carbonyl (C=O) groups excluding carboxylic acids is 2. The maximum Gasteiger partial charge on any atom is 0.299 e. The van der Waals surface area contributed by atoms with Crippen LogP contribution in [0, 0.1) is 0 Å². The molecule has 0 radical (unpaired) electrons. The van der Waals surface area contributed by atoms with E-state index in [1.54, 1.807) is 17.0 Å². The van der Waals surface area contributed by atoms with Gasteiger partial charge in [-0.25, -0.2) is 0 Å². The molecule has 0 bridgehead atoms. The van der Waals surface area contributed by atoms with E-state index in [9.17, 15) is 9.59 Å². The fraction of sp³-hybridized carbons (Fsp3) is 0.429. The van der Waals surface area contributed by atoms with Crippen molar-refractivity contribution in [2.45, 2.75) is 19.8 Å². The minimum atomic E-state index is -0.397. The molecule has 18 heavy (non-hydrogen) atoms. The molecule has 1 heterocycles. The first-order valence-electron chi connectivity index (χ1n) is 6.41. The summed E-state index contributed by atoms with van der Waals surface area (Å²) in [5.74, 6) is -0.779. The second-order valence-corrected chi connectivity index (χ2v) is 4.41. The quantitative estimate of drug-likeness (QED) is 0.613. The predicted molar refractivity (Wildman–Crippen MR) is 70.9 cm³/mol. The number of para-hydroxylation sites is 1. The van der Waals surface area contributed by atoms with Gasteiger partial charge in [0.2, 0.25) is 0 Å². The lowest BCUT2D eigenvalue weighted by molar-refractivity contribution is -0.114. The highest BCUT2D eigenvalue weighted by atomic mass is 16.2. The van der Waals surface area contributed by atoms with Gasteiger partial charge in [-0.15, -0.1) is 0 Å². The number of nitrogens with one attached hydrogen (secondary N) is 1. The molecule has 0 atom stereocenters. The van der Waals surface area contributed by atoms with E-state index in [2.05, 4.69) is 12.2 Å². The Balaban J connectivity index is 1.97. The van der Waals surface area contributed by atoms with E-state index in [4.69, 9.17) is 0 Å². The molecular weight excluding hydrogens is 228 g/mol. The summed E-state index contributed by atoms with van der Waals surface area (Å²) in [6.45, 7) is 4.57. The summed E-state index contributed by atoms with van der Waals surface area (Å²) in [4.78, 5) is 25.2. The fourth-order valence-corrected chi connectivity index (χ4v) is 2.13. The van der Waals surface area contributed by atoms with Gasteiger partial charge in [-0.2, -0.15) is 0 Å². The zero-order valence-electron chi connectivity index (χ0n) is 10.6. The number of hydrogen-bond acceptors (Lipinski definition) is 3. The van der Waals surface area contributed by atoms with Crippen LogP contribution in [0.5, 0.6) is 0 Å². The third-order valence-electron chi connectivity index (χ3n) is 3.04. The lowest BCUT2D eigenvalue weighted by Gasteiger charge is -2.16. The molecule has 1 aliphatic heterocycles. The van der Waals surface area contributed by atoms with Gasteiger partial charge in [-0.1, -0.05) is 19.1 Å². The number of ketones is 1. The normalized spacial score (nSPS) is 14.2. The van der Waals surface area contributed by atoms with Crippen LogP contribution in [0.15, 0.2) is 24.3 Å². The molecule has 1 aromatic rings. The monoisotopic (exact) mass is 246 g/mol. The molecule has 1 amide bonds. The van der Waals surface area contributed by atoms with Crippen LogP contribution in [-0.2, 0) is 4.79 Å². The van der Waals surface area contributed by atoms with Crippen molar-refractivity contribution in [1.82, 2.24) is 5.32 Å². The predicted octanol–water partition coefficient (Wildman–Crippen LogP) is 1.61. The second-order valence-electron chi connectivity index (χ2n) is 4.41. The number of fused-ring (bicyclic) bond motifs is 1. The zero-order chi connectivity index (χ0) is 13.0. The summed E-state index contributed by atoms with van der Waals surface area (Å²) >= 11 is 0. The number of hydrogen-bond donors (Lipinski definition) is 1. The lowest BCUT2D eigenvalue weighted by atomic mass is 10.1. The Bertz CT molecular complexity index is 457. The molecular formula is C14H18N2O2. The number of anilines is 1. The van der Waals surface area contributed by atoms with Crippen molar-refractivity contribution in [1.29, 1.82) is 0 Å². The van der Waals surface area contributed by atoms with E-state index in [0.717, 1.165) is 31.6 Å². The molecule has 1 N–H and O–H groups in total. The lowest BCUT2D eigenvalue weighted by Crippen LogP contribution is -2.32. The van der Waals surface area contributed by atoms with Crippen LogP contribution in [0.25, 0.3) is 0 Å². The summed E-state index contributed by atoms with van der Waals surface area (Å²) < 4.78 is 0. The maximum atomic E-state index is 11.8. The minimum Gasteiger partial charge on any atom is -0.317 e. The van der Waals surface area contributed by atoms with Crippen LogP contribution in [0.3, 0.4) is 0 Å². The first-order valence-corrected chi connectivity index (χ1v) is 6.41. The zero-order valence-corrected chi connectivity index (χ0v) is 10.6. The highest BCUT2D eigenvalue weighted by Crippen LogP contribution is 2.28. The van der Waals surface area contributed by atoms with Crippen LogP contribution < -0.4 is 10.2 Å². The Kier molecular flexibility index (Phi) is 4.10. The van der Waals surface area contributed by atoms with Crippen LogP contribution in [0.1, 0.15) is 30.1 Å². The SMILES string of the molecule is CCCNCCCN1C(=O)C(=O)c2ccccc21. The Morgan fingerprint density at radius 3 is 2.72 bits per heavy atom. The molecule has 4 nitrogen and oxygen atoms in total. The number of Topliss-reactive ketones (excluding diaryl/α,β-unsaturated/α-hetero) is 1. The third-order valence-corrected chi connectivity index (χ3v) is 3.04. The molecule has 1 aromatic carbocycles. The van der Waals surface area contributed by atoms with Gasteiger partial charge in [0.15, 0.2) is 0 Å². The van der Waals surface area contributed by atoms with Crippen molar-refractivity contribution in [3.05, 3.63) is 29.8 Å². The first-order chi connectivity index (χ1) is 8.75. The third kappa shape index (κ3) is 2.43. The largest absolute Gasteiger partial charge is 0.317 e. The van der Waals surface area contributed by atoms with Crippen molar-refractivity contribution in [2.75, 3.05) is 24.5 Å². The average molecular weight is 246 g/mol. The van der Waals surface area contributed by atoms with Gasteiger partial charge in [0.05, 0.1) is 11.3 Å². The molecule has 2 rings (SSSR count). The van der Waals surface area contributed by atoms with Gasteiger partial charge in [-0.3, -0.25) is 9.59 Å². The van der Waals surface area contributed by atoms with Gasteiger partial charge in [0, 0.05) is 6.54 Å². The van der Waals surface area contributed by atoms with Gasteiger partial charge >= 0.3 is 0 Å². The molecule has 0 saturated heterocycles. The smallest absolute Gasteiger partial charge is 0.299 e. The van der Waals surface area contributed by atoms with E-state index in [0.29, 0.717) is 12.1 Å². The minimum absolute atomic E-state index is 0.382. The van der Waals surface area contributed by atoms with Crippen LogP contribution >= 0.6 is 0 Å². The number of rotatable bonds is 6. The van der Waals surface area contributed by atoms with E-state index in [1.807, 2.05) is 12.1 Å². The highest BCUT2D eigenvalue weighted by Gasteiger charge is 2.34. The van der Waals surface area contributed by atoms with E-state index < -0.39 is 5.91 Å². The topological polar surface area (TPSA) is 49.4 Å². The first kappa shape index (κ1) is 12.8. The molecule has 0 aliphatic carbocycles. The molecule has 0 fully saturated rings. The van der Waals surface area contributed by atoms with E-state index in [1.165, 1.54) is 0 Å². The number of amides is 1. The summed E-state index contributed by atoms with van der Waals surface area (Å²) in [5.41, 5.74) is 1.28. The average Bonchev–Trinajstić information content (AvgIpc) is 2.64. The van der Waals surface area contributed by atoms with Crippen molar-refractivity contribution in [2.24, 2.45) is 0 Å². The van der Waals surface area contributed by atoms with Gasteiger partial charge < -0.3 is 10.2 Å². The van der Waals surface area contributed by atoms with Crippen LogP contribution in [0.2, 0.25) is 0 Å². The molecule has 0 saturated carbocycles. The Hall–Kier alpha value is -1.68. The van der Waals surface area contributed by atoms with Gasteiger partial charge in [0.25, 0.3) is 11.7 Å². The highest BCUT2D eigenvalue weighted by molar-refractivity contribution is 6.52. The van der Waals surface area contributed by atoms with Crippen molar-refractivity contribution in [3.63, 3.8) is 0 Å². The summed E-state index contributed by atoms with van der Waals surface area (Å²) in [5, 5.41) is 3.29. The fourth-order valence-electron chi connectivity index (χ4n) is 2.13. The molecule has 0 spiro atoms. The van der Waals surface area contributed by atoms with Gasteiger partial charge in [-0.05, 0) is 38.1 Å². The molecule has 0 aromatic heterocycles. The van der Waals surface area contributed by atoms with Crippen molar-refractivity contribution in [3.8, 4) is 0 Å². The standard InChI is InChI=1S/C14H18N2O2/c1-2-8-15-9-5-10-16-12-7-4-3-6-11(12)13(17)14(16)18/h3-4,6-7,15H,2,5,8-10H2,1H3. The number of nitrogens with zero attached hydrogens (tertiary/aromatic N) is 1.